The quantitative estimate of drug-likeness (QED) is 0.0345. The van der Waals surface area contributed by atoms with Crippen LogP contribution in [0.1, 0.15) is 303 Å². The molecular formula is C61H112O5. The Labute approximate surface area is 412 Å². The highest BCUT2D eigenvalue weighted by Gasteiger charge is 2.17. The molecule has 0 heterocycles. The van der Waals surface area contributed by atoms with Gasteiger partial charge in [0.1, 0.15) is 6.61 Å². The zero-order valence-corrected chi connectivity index (χ0v) is 44.5. The fraction of sp³-hybridized carbons (Fsp3) is 0.836. The van der Waals surface area contributed by atoms with Crippen molar-refractivity contribution >= 4 is 11.9 Å². The normalized spacial score (nSPS) is 12.5. The van der Waals surface area contributed by atoms with E-state index in [0.29, 0.717) is 19.4 Å². The molecule has 0 radical (unpaired) electrons. The predicted octanol–water partition coefficient (Wildman–Crippen LogP) is 19.9. The van der Waals surface area contributed by atoms with Gasteiger partial charge in [-0.1, -0.05) is 281 Å². The molecular weight excluding hydrogens is 813 g/mol. The Morgan fingerprint density at radius 3 is 1.09 bits per heavy atom. The van der Waals surface area contributed by atoms with E-state index in [9.17, 15) is 9.59 Å². The van der Waals surface area contributed by atoms with Gasteiger partial charge >= 0.3 is 11.9 Å². The van der Waals surface area contributed by atoms with Gasteiger partial charge in [-0.15, -0.1) is 0 Å². The molecule has 0 N–H and O–H groups in total. The van der Waals surface area contributed by atoms with Crippen LogP contribution in [-0.4, -0.2) is 37.9 Å². The lowest BCUT2D eigenvalue weighted by Crippen LogP contribution is -2.30. The number of hydrogen-bond donors (Lipinski definition) is 0. The van der Waals surface area contributed by atoms with Gasteiger partial charge in [-0.2, -0.15) is 0 Å². The average molecular weight is 926 g/mol. The van der Waals surface area contributed by atoms with Gasteiger partial charge in [0.15, 0.2) is 6.10 Å². The summed E-state index contributed by atoms with van der Waals surface area (Å²) >= 11 is 0. The first-order valence-corrected chi connectivity index (χ1v) is 29.2. The van der Waals surface area contributed by atoms with E-state index < -0.39 is 6.10 Å². The van der Waals surface area contributed by atoms with E-state index in [4.69, 9.17) is 14.2 Å². The van der Waals surface area contributed by atoms with Crippen LogP contribution in [-0.2, 0) is 23.8 Å². The SMILES string of the molecule is CC/C=C\C/C=C\C/C=C\C/C=C\CCCCCCCCC(=O)OCC(COCCCCCCCCCCCCCCCCCCCC)OC(=O)CCCCCCCCCCCCCCC. The van der Waals surface area contributed by atoms with Crippen LogP contribution < -0.4 is 0 Å². The monoisotopic (exact) mass is 925 g/mol. The first-order valence-electron chi connectivity index (χ1n) is 29.2. The van der Waals surface area contributed by atoms with Gasteiger partial charge in [0.2, 0.25) is 0 Å². The Hall–Kier alpha value is -2.14. The van der Waals surface area contributed by atoms with E-state index in [0.717, 1.165) is 70.6 Å². The molecule has 0 aromatic rings. The number of carbonyl (C=O) groups excluding carboxylic acids is 2. The van der Waals surface area contributed by atoms with Crippen molar-refractivity contribution in [3.8, 4) is 0 Å². The second kappa shape index (κ2) is 57.2. The van der Waals surface area contributed by atoms with Crippen LogP contribution in [0.4, 0.5) is 0 Å². The zero-order valence-electron chi connectivity index (χ0n) is 44.5. The molecule has 0 aliphatic heterocycles. The molecule has 5 heteroatoms. The summed E-state index contributed by atoms with van der Waals surface area (Å²) in [4.78, 5) is 25.5. The molecule has 0 fully saturated rings. The van der Waals surface area contributed by atoms with Gasteiger partial charge in [-0.25, -0.2) is 0 Å². The smallest absolute Gasteiger partial charge is 0.306 e. The molecule has 0 aliphatic rings. The van der Waals surface area contributed by atoms with Crippen LogP contribution in [0.15, 0.2) is 48.6 Å². The van der Waals surface area contributed by atoms with Crippen LogP contribution >= 0.6 is 0 Å². The molecule has 0 bridgehead atoms. The second-order valence-electron chi connectivity index (χ2n) is 19.5. The third kappa shape index (κ3) is 54.5. The standard InChI is InChI=1S/C61H112O5/c1-4-7-10-13-16-19-22-25-27-29-31-32-34-37-39-42-45-48-51-54-60(62)65-58-59(66-61(63)55-52-49-46-43-40-36-24-21-18-15-12-9-6-3)57-64-56-53-50-47-44-41-38-35-33-30-28-26-23-20-17-14-11-8-5-2/h7,10,16,19,25,27,31-32,59H,4-6,8-9,11-15,17-18,20-24,26,28-30,33-58H2,1-3H3/b10-7-,19-16-,27-25-,32-31-. The molecule has 66 heavy (non-hydrogen) atoms. The first kappa shape index (κ1) is 63.9. The van der Waals surface area contributed by atoms with Gasteiger partial charge in [0, 0.05) is 19.4 Å². The van der Waals surface area contributed by atoms with Crippen molar-refractivity contribution in [2.45, 2.75) is 309 Å². The highest BCUT2D eigenvalue weighted by atomic mass is 16.6. The second-order valence-corrected chi connectivity index (χ2v) is 19.5. The van der Waals surface area contributed by atoms with Crippen LogP contribution in [0.2, 0.25) is 0 Å². The van der Waals surface area contributed by atoms with E-state index in [1.54, 1.807) is 0 Å². The molecule has 0 rings (SSSR count). The summed E-state index contributed by atoms with van der Waals surface area (Å²) < 4.78 is 17.5. The van der Waals surface area contributed by atoms with Crippen LogP contribution in [0, 0.1) is 0 Å². The molecule has 5 nitrogen and oxygen atoms in total. The van der Waals surface area contributed by atoms with Gasteiger partial charge in [0.25, 0.3) is 0 Å². The summed E-state index contributed by atoms with van der Waals surface area (Å²) in [5.41, 5.74) is 0. The lowest BCUT2D eigenvalue weighted by Gasteiger charge is -2.18. The molecule has 0 saturated carbocycles. The molecule has 0 saturated heterocycles. The number of allylic oxidation sites excluding steroid dienone is 8. The summed E-state index contributed by atoms with van der Waals surface area (Å²) in [6.07, 6.45) is 71.3. The lowest BCUT2D eigenvalue weighted by molar-refractivity contribution is -0.163. The molecule has 386 valence electrons. The van der Waals surface area contributed by atoms with E-state index in [2.05, 4.69) is 69.4 Å². The van der Waals surface area contributed by atoms with E-state index in [1.807, 2.05) is 0 Å². The van der Waals surface area contributed by atoms with Crippen molar-refractivity contribution in [3.63, 3.8) is 0 Å². The fourth-order valence-corrected chi connectivity index (χ4v) is 8.56. The summed E-state index contributed by atoms with van der Waals surface area (Å²) in [5.74, 6) is -0.395. The minimum atomic E-state index is -0.538. The number of esters is 2. The average Bonchev–Trinajstić information content (AvgIpc) is 3.32. The zero-order chi connectivity index (χ0) is 47.7. The maximum Gasteiger partial charge on any atom is 0.306 e. The first-order chi connectivity index (χ1) is 32.6. The topological polar surface area (TPSA) is 61.8 Å². The Morgan fingerprint density at radius 1 is 0.348 bits per heavy atom. The third-order valence-electron chi connectivity index (χ3n) is 12.9. The maximum atomic E-state index is 12.8. The van der Waals surface area contributed by atoms with E-state index in [1.165, 1.54) is 199 Å². The molecule has 0 aliphatic carbocycles. The molecule has 0 aromatic heterocycles. The predicted molar refractivity (Wildman–Crippen MR) is 288 cm³/mol. The molecule has 0 spiro atoms. The number of carbonyl (C=O) groups is 2. The highest BCUT2D eigenvalue weighted by molar-refractivity contribution is 5.70. The number of rotatable bonds is 54. The number of unbranched alkanes of at least 4 members (excludes halogenated alkanes) is 35. The molecule has 0 amide bonds. The fourth-order valence-electron chi connectivity index (χ4n) is 8.56. The molecule has 1 unspecified atom stereocenters. The number of hydrogen-bond acceptors (Lipinski definition) is 5. The van der Waals surface area contributed by atoms with Crippen LogP contribution in [0.5, 0.6) is 0 Å². The largest absolute Gasteiger partial charge is 0.462 e. The maximum absolute atomic E-state index is 12.8. The van der Waals surface area contributed by atoms with E-state index >= 15 is 0 Å². The van der Waals surface area contributed by atoms with E-state index in [-0.39, 0.29) is 25.2 Å². The summed E-state index contributed by atoms with van der Waals surface area (Å²) in [6.45, 7) is 7.76. The van der Waals surface area contributed by atoms with Gasteiger partial charge in [0.05, 0.1) is 6.61 Å². The minimum Gasteiger partial charge on any atom is -0.462 e. The summed E-state index contributed by atoms with van der Waals surface area (Å²) in [5, 5.41) is 0. The van der Waals surface area contributed by atoms with Crippen molar-refractivity contribution < 1.29 is 23.8 Å². The summed E-state index contributed by atoms with van der Waals surface area (Å²) in [7, 11) is 0. The van der Waals surface area contributed by atoms with Crippen LogP contribution in [0.3, 0.4) is 0 Å². The molecule has 0 aromatic carbocycles. The summed E-state index contributed by atoms with van der Waals surface area (Å²) in [6, 6.07) is 0. The van der Waals surface area contributed by atoms with Crippen LogP contribution in [0.25, 0.3) is 0 Å². The van der Waals surface area contributed by atoms with Crippen molar-refractivity contribution in [1.82, 2.24) is 0 Å². The lowest BCUT2D eigenvalue weighted by atomic mass is 10.0. The van der Waals surface area contributed by atoms with Gasteiger partial charge in [-0.3, -0.25) is 9.59 Å². The van der Waals surface area contributed by atoms with Crippen molar-refractivity contribution in [2.75, 3.05) is 19.8 Å². The highest BCUT2D eigenvalue weighted by Crippen LogP contribution is 2.17. The molecule has 1 atom stereocenters. The van der Waals surface area contributed by atoms with Crippen molar-refractivity contribution in [3.05, 3.63) is 48.6 Å². The Kier molecular flexibility index (Phi) is 55.3. The van der Waals surface area contributed by atoms with Gasteiger partial charge in [-0.05, 0) is 57.8 Å². The van der Waals surface area contributed by atoms with Crippen molar-refractivity contribution in [2.24, 2.45) is 0 Å². The third-order valence-corrected chi connectivity index (χ3v) is 12.9. The number of ether oxygens (including phenoxy) is 3. The Bertz CT molecular complexity index is 1090. The Morgan fingerprint density at radius 2 is 0.682 bits per heavy atom. The Balaban J connectivity index is 4.23. The van der Waals surface area contributed by atoms with Crippen molar-refractivity contribution in [1.29, 1.82) is 0 Å². The minimum absolute atomic E-state index is 0.0829. The van der Waals surface area contributed by atoms with Gasteiger partial charge < -0.3 is 14.2 Å².